The molecule has 0 unspecified atom stereocenters. The van der Waals surface area contributed by atoms with Crippen LogP contribution in [0, 0.1) is 0 Å². The first kappa shape index (κ1) is 15.6. The van der Waals surface area contributed by atoms with Gasteiger partial charge in [0.25, 0.3) is 0 Å². The molecular weight excluding hydrogens is 262 g/mol. The van der Waals surface area contributed by atoms with Crippen LogP contribution in [0.5, 0.6) is 0 Å². The highest BCUT2D eigenvalue weighted by molar-refractivity contribution is 5.92. The first-order chi connectivity index (χ1) is 9.63. The van der Waals surface area contributed by atoms with E-state index in [0.717, 1.165) is 6.42 Å². The lowest BCUT2D eigenvalue weighted by molar-refractivity contribution is 0.0696. The highest BCUT2D eigenvalue weighted by atomic mass is 16.5. The summed E-state index contributed by atoms with van der Waals surface area (Å²) in [7, 11) is 0. The molecule has 1 aromatic rings. The summed E-state index contributed by atoms with van der Waals surface area (Å²) in [6.07, 6.45) is 5.09. The van der Waals surface area contributed by atoms with Crippen LogP contribution in [0.2, 0.25) is 0 Å². The maximum Gasteiger partial charge on any atom is 0.337 e. The molecule has 7 heteroatoms. The topological polar surface area (TPSA) is 101 Å². The van der Waals surface area contributed by atoms with Gasteiger partial charge in [-0.25, -0.2) is 9.59 Å². The number of nitrogens with one attached hydrogen (secondary N) is 2. The fourth-order valence-electron chi connectivity index (χ4n) is 1.31. The Bertz CT molecular complexity index is 476. The molecular formula is C13H17N3O4. The Labute approximate surface area is 116 Å². The summed E-state index contributed by atoms with van der Waals surface area (Å²) in [5, 5.41) is 13.9. The summed E-state index contributed by atoms with van der Waals surface area (Å²) in [6, 6.07) is 0.886. The predicted octanol–water partition coefficient (Wildman–Crippen LogP) is 1.49. The molecule has 0 spiro atoms. The molecule has 0 saturated heterocycles. The van der Waals surface area contributed by atoms with Crippen LogP contribution < -0.4 is 10.6 Å². The summed E-state index contributed by atoms with van der Waals surface area (Å²) in [6.45, 7) is 4.89. The van der Waals surface area contributed by atoms with Crippen molar-refractivity contribution in [3.63, 3.8) is 0 Å². The number of carbonyl (C=O) groups is 2. The molecule has 0 atom stereocenters. The molecule has 0 radical (unpaired) electrons. The maximum absolute atomic E-state index is 11.5. The van der Waals surface area contributed by atoms with E-state index in [-0.39, 0.29) is 5.56 Å². The van der Waals surface area contributed by atoms with Gasteiger partial charge < -0.3 is 20.5 Å². The van der Waals surface area contributed by atoms with Gasteiger partial charge in [0, 0.05) is 12.7 Å². The lowest BCUT2D eigenvalue weighted by Crippen LogP contribution is -2.31. The van der Waals surface area contributed by atoms with Crippen LogP contribution in [0.1, 0.15) is 16.8 Å². The van der Waals surface area contributed by atoms with Crippen LogP contribution in [-0.2, 0) is 4.74 Å². The molecule has 0 aromatic carbocycles. The van der Waals surface area contributed by atoms with Gasteiger partial charge in [0.1, 0.15) is 0 Å². The monoisotopic (exact) mass is 279 g/mol. The van der Waals surface area contributed by atoms with Crippen LogP contribution in [-0.4, -0.2) is 41.8 Å². The summed E-state index contributed by atoms with van der Waals surface area (Å²) in [5.74, 6) is -1.10. The zero-order chi connectivity index (χ0) is 14.8. The van der Waals surface area contributed by atoms with Crippen LogP contribution >= 0.6 is 0 Å². The Morgan fingerprint density at radius 2 is 2.20 bits per heavy atom. The van der Waals surface area contributed by atoms with Crippen molar-refractivity contribution in [1.29, 1.82) is 0 Å². The van der Waals surface area contributed by atoms with Gasteiger partial charge in [-0.15, -0.1) is 6.58 Å². The van der Waals surface area contributed by atoms with Crippen LogP contribution in [0.3, 0.4) is 0 Å². The van der Waals surface area contributed by atoms with Crippen molar-refractivity contribution >= 4 is 17.7 Å². The van der Waals surface area contributed by atoms with Gasteiger partial charge >= 0.3 is 12.0 Å². The minimum absolute atomic E-state index is 0.00978. The number of urea groups is 1. The van der Waals surface area contributed by atoms with E-state index < -0.39 is 12.0 Å². The number of carboxylic acid groups (broad SMARTS) is 1. The number of aromatic nitrogens is 1. The first-order valence-electron chi connectivity index (χ1n) is 6.05. The minimum atomic E-state index is -1.10. The number of anilines is 1. The average Bonchev–Trinajstić information content (AvgIpc) is 2.43. The van der Waals surface area contributed by atoms with Crippen molar-refractivity contribution < 1.29 is 19.4 Å². The minimum Gasteiger partial charge on any atom is -0.478 e. The number of rotatable bonds is 8. The predicted molar refractivity (Wildman–Crippen MR) is 73.9 cm³/mol. The number of aromatic carboxylic acids is 1. The maximum atomic E-state index is 11.5. The second-order valence-electron chi connectivity index (χ2n) is 3.84. The summed E-state index contributed by atoms with van der Waals surface area (Å²) >= 11 is 0. The molecule has 1 heterocycles. The fraction of sp³-hybridized carbons (Fsp3) is 0.308. The Balaban J connectivity index is 2.30. The summed E-state index contributed by atoms with van der Waals surface area (Å²) in [4.78, 5) is 26.0. The molecule has 0 fully saturated rings. The number of ether oxygens (including phenoxy) is 1. The third-order valence-electron chi connectivity index (χ3n) is 2.24. The van der Waals surface area contributed by atoms with Crippen molar-refractivity contribution in [2.24, 2.45) is 0 Å². The molecule has 0 aliphatic rings. The van der Waals surface area contributed by atoms with E-state index in [2.05, 4.69) is 22.2 Å². The zero-order valence-electron chi connectivity index (χ0n) is 11.0. The van der Waals surface area contributed by atoms with Gasteiger partial charge in [0.2, 0.25) is 0 Å². The second kappa shape index (κ2) is 8.65. The van der Waals surface area contributed by atoms with E-state index in [1.165, 1.54) is 18.5 Å². The molecule has 1 rings (SSSR count). The smallest absolute Gasteiger partial charge is 0.337 e. The number of hydrogen-bond donors (Lipinski definition) is 3. The third kappa shape index (κ3) is 5.96. The molecule has 0 bridgehead atoms. The molecule has 7 nitrogen and oxygen atoms in total. The lowest BCUT2D eigenvalue weighted by Gasteiger charge is -2.08. The molecule has 20 heavy (non-hydrogen) atoms. The van der Waals surface area contributed by atoms with Gasteiger partial charge in [0.15, 0.2) is 0 Å². The van der Waals surface area contributed by atoms with Crippen molar-refractivity contribution in [2.75, 3.05) is 25.1 Å². The van der Waals surface area contributed by atoms with Crippen LogP contribution in [0.25, 0.3) is 0 Å². The summed E-state index contributed by atoms with van der Waals surface area (Å²) < 4.78 is 5.22. The third-order valence-corrected chi connectivity index (χ3v) is 2.24. The van der Waals surface area contributed by atoms with E-state index in [1.54, 1.807) is 6.08 Å². The first-order valence-corrected chi connectivity index (χ1v) is 6.05. The quantitative estimate of drug-likeness (QED) is 0.494. The van der Waals surface area contributed by atoms with Crippen molar-refractivity contribution in [1.82, 2.24) is 10.3 Å². The number of hydrogen-bond acceptors (Lipinski definition) is 4. The molecule has 2 amide bonds. The number of carbonyl (C=O) groups excluding carboxylic acids is 1. The van der Waals surface area contributed by atoms with Crippen molar-refractivity contribution in [3.05, 3.63) is 36.7 Å². The number of pyridine rings is 1. The number of amides is 2. The second-order valence-corrected chi connectivity index (χ2v) is 3.84. The van der Waals surface area contributed by atoms with Gasteiger partial charge in [-0.3, -0.25) is 4.98 Å². The average molecular weight is 279 g/mol. The lowest BCUT2D eigenvalue weighted by atomic mass is 10.3. The fourth-order valence-corrected chi connectivity index (χ4v) is 1.31. The van der Waals surface area contributed by atoms with Gasteiger partial charge in [-0.2, -0.15) is 0 Å². The Hall–Kier alpha value is -2.41. The molecule has 0 aliphatic heterocycles. The van der Waals surface area contributed by atoms with E-state index in [9.17, 15) is 9.59 Å². The van der Waals surface area contributed by atoms with E-state index in [1.807, 2.05) is 0 Å². The standard InChI is InChI=1S/C13H17N3O4/c1-2-3-5-20-6-4-15-13(19)16-11-7-10(12(17)18)8-14-9-11/h2,7-9H,1,3-6H2,(H,17,18)(H2,15,16,19). The van der Waals surface area contributed by atoms with E-state index in [0.29, 0.717) is 25.4 Å². The Morgan fingerprint density at radius 1 is 1.40 bits per heavy atom. The Morgan fingerprint density at radius 3 is 2.90 bits per heavy atom. The summed E-state index contributed by atoms with van der Waals surface area (Å²) in [5.41, 5.74) is 0.325. The molecule has 0 saturated carbocycles. The molecule has 3 N–H and O–H groups in total. The van der Waals surface area contributed by atoms with Crippen molar-refractivity contribution in [3.8, 4) is 0 Å². The molecule has 1 aromatic heterocycles. The number of nitrogens with zero attached hydrogens (tertiary/aromatic N) is 1. The zero-order valence-corrected chi connectivity index (χ0v) is 11.0. The van der Waals surface area contributed by atoms with Crippen LogP contribution in [0.4, 0.5) is 10.5 Å². The molecule has 108 valence electrons. The van der Waals surface area contributed by atoms with Gasteiger partial charge in [-0.1, -0.05) is 6.08 Å². The number of carboxylic acids is 1. The SMILES string of the molecule is C=CCCOCCNC(=O)Nc1cncc(C(=O)O)c1. The Kier molecular flexibility index (Phi) is 6.77. The van der Waals surface area contributed by atoms with Gasteiger partial charge in [0.05, 0.1) is 30.7 Å². The van der Waals surface area contributed by atoms with Crippen LogP contribution in [0.15, 0.2) is 31.1 Å². The largest absolute Gasteiger partial charge is 0.478 e. The van der Waals surface area contributed by atoms with E-state index in [4.69, 9.17) is 9.84 Å². The van der Waals surface area contributed by atoms with E-state index >= 15 is 0 Å². The van der Waals surface area contributed by atoms with Gasteiger partial charge in [-0.05, 0) is 12.5 Å². The highest BCUT2D eigenvalue weighted by Crippen LogP contribution is 2.07. The molecule has 0 aliphatic carbocycles. The van der Waals surface area contributed by atoms with Crippen molar-refractivity contribution in [2.45, 2.75) is 6.42 Å². The normalized spacial score (nSPS) is 9.80. The highest BCUT2D eigenvalue weighted by Gasteiger charge is 2.06.